The molecule has 1 amide bonds. The van der Waals surface area contributed by atoms with Crippen molar-refractivity contribution in [2.75, 3.05) is 12.4 Å². The number of fused-ring (bicyclic) bond motifs is 3. The molecule has 35 heavy (non-hydrogen) atoms. The summed E-state index contributed by atoms with van der Waals surface area (Å²) in [5.74, 6) is 0.224. The van der Waals surface area contributed by atoms with Crippen LogP contribution in [0.15, 0.2) is 82.4 Å². The maximum atomic E-state index is 13.4. The quantitative estimate of drug-likeness (QED) is 0.412. The fourth-order valence-corrected chi connectivity index (χ4v) is 4.06. The van der Waals surface area contributed by atoms with E-state index >= 15 is 0 Å². The summed E-state index contributed by atoms with van der Waals surface area (Å²) < 4.78 is 9.17. The van der Waals surface area contributed by atoms with Crippen LogP contribution in [0, 0.1) is 6.92 Å². The average molecular weight is 470 g/mol. The smallest absolute Gasteiger partial charge is 0.352 e. The predicted octanol–water partition coefficient (Wildman–Crippen LogP) is 2.81. The van der Waals surface area contributed by atoms with Crippen LogP contribution in [0.1, 0.15) is 11.1 Å². The van der Waals surface area contributed by atoms with Gasteiger partial charge < -0.3 is 10.1 Å². The van der Waals surface area contributed by atoms with Gasteiger partial charge in [-0.15, -0.1) is 5.10 Å². The lowest BCUT2D eigenvalue weighted by Crippen LogP contribution is -2.29. The van der Waals surface area contributed by atoms with Gasteiger partial charge in [-0.05, 0) is 36.8 Å². The summed E-state index contributed by atoms with van der Waals surface area (Å²) >= 11 is 0. The summed E-state index contributed by atoms with van der Waals surface area (Å²) in [6.07, 6.45) is 0. The van der Waals surface area contributed by atoms with Crippen molar-refractivity contribution in [3.8, 4) is 5.75 Å². The molecular formula is C26H23N5O4. The van der Waals surface area contributed by atoms with Gasteiger partial charge in [0, 0.05) is 0 Å². The van der Waals surface area contributed by atoms with Crippen molar-refractivity contribution in [2.45, 2.75) is 20.0 Å². The van der Waals surface area contributed by atoms with Gasteiger partial charge in [0.2, 0.25) is 11.7 Å². The number of amides is 1. The van der Waals surface area contributed by atoms with E-state index in [1.165, 1.54) is 16.1 Å². The second kappa shape index (κ2) is 8.94. The molecule has 0 radical (unpaired) electrons. The molecule has 3 aromatic carbocycles. The number of ether oxygens (including phenoxy) is 1. The van der Waals surface area contributed by atoms with Crippen LogP contribution in [0.3, 0.4) is 0 Å². The second-order valence-corrected chi connectivity index (χ2v) is 8.22. The number of aromatic nitrogens is 4. The van der Waals surface area contributed by atoms with Crippen LogP contribution in [0.5, 0.6) is 5.75 Å². The normalized spacial score (nSPS) is 11.1. The van der Waals surface area contributed by atoms with Crippen molar-refractivity contribution in [1.29, 1.82) is 0 Å². The highest BCUT2D eigenvalue weighted by Crippen LogP contribution is 2.23. The molecule has 9 heteroatoms. The molecule has 9 nitrogen and oxygen atoms in total. The van der Waals surface area contributed by atoms with Gasteiger partial charge in [-0.2, -0.15) is 0 Å². The maximum absolute atomic E-state index is 13.4. The van der Waals surface area contributed by atoms with Crippen molar-refractivity contribution >= 4 is 28.3 Å². The average Bonchev–Trinajstić information content (AvgIpc) is 3.18. The van der Waals surface area contributed by atoms with Gasteiger partial charge in [-0.25, -0.2) is 13.9 Å². The molecule has 0 aliphatic rings. The van der Waals surface area contributed by atoms with E-state index in [1.807, 2.05) is 31.2 Å². The SMILES string of the molecule is COc1ccccc1NC(=O)Cn1nc2n(Cc3ccc(C)cc3)c(=O)c3ccccc3n2c1=O. The predicted molar refractivity (Wildman–Crippen MR) is 133 cm³/mol. The fourth-order valence-electron chi connectivity index (χ4n) is 4.06. The highest BCUT2D eigenvalue weighted by atomic mass is 16.5. The Hall–Kier alpha value is -4.66. The Morgan fingerprint density at radius 3 is 2.46 bits per heavy atom. The number of anilines is 1. The summed E-state index contributed by atoms with van der Waals surface area (Å²) in [7, 11) is 1.51. The summed E-state index contributed by atoms with van der Waals surface area (Å²) in [5, 5.41) is 7.54. The number of nitrogens with one attached hydrogen (secondary N) is 1. The molecule has 0 atom stereocenters. The topological polar surface area (TPSA) is 99.6 Å². The number of rotatable bonds is 6. The third kappa shape index (κ3) is 4.08. The third-order valence-electron chi connectivity index (χ3n) is 5.82. The number of nitrogens with zero attached hydrogens (tertiary/aromatic N) is 4. The van der Waals surface area contributed by atoms with E-state index in [1.54, 1.807) is 48.5 Å². The Labute approximate surface area is 199 Å². The van der Waals surface area contributed by atoms with E-state index in [-0.39, 0.29) is 24.4 Å². The first-order valence-corrected chi connectivity index (χ1v) is 11.1. The lowest BCUT2D eigenvalue weighted by atomic mass is 10.1. The molecule has 0 saturated heterocycles. The largest absolute Gasteiger partial charge is 0.495 e. The molecule has 0 bridgehead atoms. The second-order valence-electron chi connectivity index (χ2n) is 8.22. The standard InChI is InChI=1S/C26H23N5O4/c1-17-11-13-18(14-12-17)15-29-24(33)19-7-3-5-9-21(19)31-25(29)28-30(26(31)34)16-23(32)27-20-8-4-6-10-22(20)35-2/h3-14H,15-16H2,1-2H3,(H,27,32). The molecule has 5 rings (SSSR count). The lowest BCUT2D eigenvalue weighted by molar-refractivity contribution is -0.117. The molecule has 0 unspecified atom stereocenters. The summed E-state index contributed by atoms with van der Waals surface area (Å²) in [4.78, 5) is 39.5. The number of aryl methyl sites for hydroxylation is 1. The van der Waals surface area contributed by atoms with E-state index in [4.69, 9.17) is 4.74 Å². The zero-order valence-electron chi connectivity index (χ0n) is 19.3. The van der Waals surface area contributed by atoms with Crippen LogP contribution in [0.4, 0.5) is 5.69 Å². The number of para-hydroxylation sites is 3. The minimum absolute atomic E-state index is 0.171. The molecule has 1 N–H and O–H groups in total. The molecule has 5 aromatic rings. The summed E-state index contributed by atoms with van der Waals surface area (Å²) in [6, 6.07) is 21.7. The Bertz CT molecular complexity index is 1680. The van der Waals surface area contributed by atoms with Gasteiger partial charge in [0.1, 0.15) is 12.3 Å². The van der Waals surface area contributed by atoms with E-state index < -0.39 is 11.6 Å². The minimum atomic E-state index is -0.510. The summed E-state index contributed by atoms with van der Waals surface area (Å²) in [6.45, 7) is 1.89. The molecular weight excluding hydrogens is 446 g/mol. The van der Waals surface area contributed by atoms with Gasteiger partial charge >= 0.3 is 5.69 Å². The lowest BCUT2D eigenvalue weighted by Gasteiger charge is -2.10. The third-order valence-corrected chi connectivity index (χ3v) is 5.82. The maximum Gasteiger partial charge on any atom is 0.352 e. The van der Waals surface area contributed by atoms with Gasteiger partial charge in [0.15, 0.2) is 0 Å². The Balaban J connectivity index is 1.60. The molecule has 0 saturated carbocycles. The Morgan fingerprint density at radius 1 is 0.971 bits per heavy atom. The number of hydrogen-bond donors (Lipinski definition) is 1. The van der Waals surface area contributed by atoms with Gasteiger partial charge in [-0.1, -0.05) is 54.1 Å². The van der Waals surface area contributed by atoms with E-state index in [0.29, 0.717) is 22.3 Å². The van der Waals surface area contributed by atoms with E-state index in [2.05, 4.69) is 10.4 Å². The molecule has 176 valence electrons. The van der Waals surface area contributed by atoms with Crippen LogP contribution >= 0.6 is 0 Å². The zero-order valence-corrected chi connectivity index (χ0v) is 19.3. The van der Waals surface area contributed by atoms with Crippen LogP contribution < -0.4 is 21.3 Å². The van der Waals surface area contributed by atoms with Crippen molar-refractivity contribution in [3.63, 3.8) is 0 Å². The monoisotopic (exact) mass is 469 g/mol. The first-order chi connectivity index (χ1) is 17.0. The van der Waals surface area contributed by atoms with Gasteiger partial charge in [-0.3, -0.25) is 14.2 Å². The van der Waals surface area contributed by atoms with Crippen molar-refractivity contribution < 1.29 is 9.53 Å². The van der Waals surface area contributed by atoms with Gasteiger partial charge in [0.05, 0.1) is 30.2 Å². The zero-order chi connectivity index (χ0) is 24.5. The number of methoxy groups -OCH3 is 1. The highest BCUT2D eigenvalue weighted by molar-refractivity contribution is 5.92. The van der Waals surface area contributed by atoms with Crippen molar-refractivity contribution in [3.05, 3.63) is 105 Å². The number of hydrogen-bond acceptors (Lipinski definition) is 5. The minimum Gasteiger partial charge on any atom is -0.495 e. The molecule has 0 fully saturated rings. The first kappa shape index (κ1) is 22.1. The van der Waals surface area contributed by atoms with Crippen LogP contribution in [0.2, 0.25) is 0 Å². The first-order valence-electron chi connectivity index (χ1n) is 11.1. The number of carbonyl (C=O) groups excluding carboxylic acids is 1. The summed E-state index contributed by atoms with van der Waals surface area (Å²) in [5.41, 5.74) is 2.15. The van der Waals surface area contributed by atoms with Crippen LogP contribution in [-0.4, -0.2) is 31.8 Å². The van der Waals surface area contributed by atoms with E-state index in [9.17, 15) is 14.4 Å². The Kier molecular flexibility index (Phi) is 5.66. The van der Waals surface area contributed by atoms with Crippen molar-refractivity contribution in [1.82, 2.24) is 18.7 Å². The molecule has 0 aliphatic carbocycles. The Morgan fingerprint density at radius 2 is 1.69 bits per heavy atom. The van der Waals surface area contributed by atoms with Crippen LogP contribution in [0.25, 0.3) is 16.7 Å². The molecule has 2 aromatic heterocycles. The molecule has 2 heterocycles. The van der Waals surface area contributed by atoms with Gasteiger partial charge in [0.25, 0.3) is 5.56 Å². The molecule has 0 spiro atoms. The highest BCUT2D eigenvalue weighted by Gasteiger charge is 2.19. The van der Waals surface area contributed by atoms with Crippen molar-refractivity contribution in [2.24, 2.45) is 0 Å². The molecule has 0 aliphatic heterocycles. The number of benzene rings is 3. The van der Waals surface area contributed by atoms with E-state index in [0.717, 1.165) is 15.8 Å². The van der Waals surface area contributed by atoms with Crippen LogP contribution in [-0.2, 0) is 17.9 Å². The number of carbonyl (C=O) groups is 1. The fraction of sp³-hybridized carbons (Fsp3) is 0.154.